The van der Waals surface area contributed by atoms with Crippen molar-refractivity contribution in [3.05, 3.63) is 11.4 Å². The summed E-state index contributed by atoms with van der Waals surface area (Å²) in [6.45, 7) is 17.1. The van der Waals surface area contributed by atoms with Gasteiger partial charge in [-0.3, -0.25) is 0 Å². The van der Waals surface area contributed by atoms with Gasteiger partial charge in [0.2, 0.25) is 6.54 Å². The zero-order valence-corrected chi connectivity index (χ0v) is 16.6. The van der Waals surface area contributed by atoms with E-state index < -0.39 is 8.53 Å². The van der Waals surface area contributed by atoms with Gasteiger partial charge in [0.05, 0.1) is 6.61 Å². The highest BCUT2D eigenvalue weighted by atomic mass is 32.2. The Bertz CT molecular complexity index is 290. The first-order valence-electron chi connectivity index (χ1n) is 8.21. The Balaban J connectivity index is 4.20. The Morgan fingerprint density at radius 2 is 1.59 bits per heavy atom. The summed E-state index contributed by atoms with van der Waals surface area (Å²) in [6.07, 6.45) is 7.03. The van der Waals surface area contributed by atoms with E-state index in [1.807, 2.05) is 11.8 Å². The molecule has 0 aliphatic heterocycles. The van der Waals surface area contributed by atoms with Crippen molar-refractivity contribution in [2.45, 2.75) is 65.5 Å². The fourth-order valence-corrected chi connectivity index (χ4v) is 4.26. The van der Waals surface area contributed by atoms with Crippen molar-refractivity contribution >= 4 is 20.3 Å². The fourth-order valence-electron chi connectivity index (χ4n) is 2.15. The largest absolute Gasteiger partial charge is 0.322 e. The van der Waals surface area contributed by atoms with Gasteiger partial charge in [0.15, 0.2) is 0 Å². The van der Waals surface area contributed by atoms with Gasteiger partial charge in [-0.15, -0.1) is 0 Å². The SMILES string of the molecule is [C-]#[N+]CCOP(OCCCCCCSC)N(C(C)C)C(C)C. The summed E-state index contributed by atoms with van der Waals surface area (Å²) in [5.41, 5.74) is 0. The zero-order chi connectivity index (χ0) is 16.8. The summed E-state index contributed by atoms with van der Waals surface area (Å²) in [7, 11) is -1.06. The zero-order valence-electron chi connectivity index (χ0n) is 14.9. The molecule has 0 amide bonds. The molecule has 130 valence electrons. The van der Waals surface area contributed by atoms with E-state index in [4.69, 9.17) is 15.6 Å². The summed E-state index contributed by atoms with van der Waals surface area (Å²) >= 11 is 1.91. The molecular formula is C16H33N2O2PS. The first kappa shape index (κ1) is 22.1. The molecule has 0 aromatic carbocycles. The monoisotopic (exact) mass is 348 g/mol. The Kier molecular flexibility index (Phi) is 14.8. The molecule has 0 fully saturated rings. The van der Waals surface area contributed by atoms with E-state index in [1.165, 1.54) is 25.0 Å². The van der Waals surface area contributed by atoms with Crippen LogP contribution in [0, 0.1) is 6.57 Å². The van der Waals surface area contributed by atoms with E-state index in [9.17, 15) is 0 Å². The highest BCUT2D eigenvalue weighted by molar-refractivity contribution is 7.98. The summed E-state index contributed by atoms with van der Waals surface area (Å²) < 4.78 is 14.2. The van der Waals surface area contributed by atoms with Crippen LogP contribution in [0.5, 0.6) is 0 Å². The number of hydrogen-bond acceptors (Lipinski definition) is 4. The molecule has 1 unspecified atom stereocenters. The molecule has 0 aliphatic carbocycles. The van der Waals surface area contributed by atoms with E-state index in [0.29, 0.717) is 25.2 Å². The molecule has 0 N–H and O–H groups in total. The van der Waals surface area contributed by atoms with Gasteiger partial charge in [-0.2, -0.15) is 11.8 Å². The van der Waals surface area contributed by atoms with Gasteiger partial charge in [0.1, 0.15) is 6.61 Å². The number of rotatable bonds is 14. The minimum absolute atomic E-state index is 0.376. The molecule has 6 heteroatoms. The Morgan fingerprint density at radius 3 is 2.14 bits per heavy atom. The van der Waals surface area contributed by atoms with Gasteiger partial charge in [0, 0.05) is 12.1 Å². The smallest absolute Gasteiger partial charge is 0.259 e. The molecule has 4 nitrogen and oxygen atoms in total. The second kappa shape index (κ2) is 14.7. The van der Waals surface area contributed by atoms with Crippen LogP contribution in [-0.4, -0.2) is 48.5 Å². The van der Waals surface area contributed by atoms with Crippen LogP contribution >= 0.6 is 20.3 Å². The minimum Gasteiger partial charge on any atom is -0.322 e. The average Bonchev–Trinajstić information content (AvgIpc) is 2.45. The topological polar surface area (TPSA) is 26.1 Å². The van der Waals surface area contributed by atoms with E-state index >= 15 is 0 Å². The lowest BCUT2D eigenvalue weighted by Crippen LogP contribution is -2.33. The molecule has 0 aromatic rings. The van der Waals surface area contributed by atoms with Crippen molar-refractivity contribution in [2.75, 3.05) is 31.8 Å². The van der Waals surface area contributed by atoms with Crippen molar-refractivity contribution in [3.63, 3.8) is 0 Å². The summed E-state index contributed by atoms with van der Waals surface area (Å²) in [5, 5.41) is 0. The molecule has 22 heavy (non-hydrogen) atoms. The van der Waals surface area contributed by atoms with Crippen LogP contribution < -0.4 is 0 Å². The molecule has 0 radical (unpaired) electrons. The van der Waals surface area contributed by atoms with Gasteiger partial charge < -0.3 is 13.9 Å². The fraction of sp³-hybridized carbons (Fsp3) is 0.938. The molecule has 0 aliphatic rings. The predicted octanol–water partition coefficient (Wildman–Crippen LogP) is 5.21. The third-order valence-corrected chi connectivity index (χ3v) is 5.90. The van der Waals surface area contributed by atoms with Crippen molar-refractivity contribution in [2.24, 2.45) is 0 Å². The van der Waals surface area contributed by atoms with Crippen LogP contribution in [0.25, 0.3) is 4.85 Å². The van der Waals surface area contributed by atoms with Crippen LogP contribution in [-0.2, 0) is 9.05 Å². The van der Waals surface area contributed by atoms with Gasteiger partial charge in [-0.1, -0.05) is 12.8 Å². The van der Waals surface area contributed by atoms with E-state index in [-0.39, 0.29) is 0 Å². The lowest BCUT2D eigenvalue weighted by molar-refractivity contribution is 0.176. The van der Waals surface area contributed by atoms with E-state index in [1.54, 1.807) is 0 Å². The molecule has 0 aromatic heterocycles. The predicted molar refractivity (Wildman–Crippen MR) is 99.3 cm³/mol. The first-order chi connectivity index (χ1) is 10.5. The number of hydrogen-bond donors (Lipinski definition) is 0. The lowest BCUT2D eigenvalue weighted by Gasteiger charge is -2.35. The minimum atomic E-state index is -1.06. The second-order valence-electron chi connectivity index (χ2n) is 5.76. The van der Waals surface area contributed by atoms with Crippen molar-refractivity contribution in [1.82, 2.24) is 4.67 Å². The maximum absolute atomic E-state index is 6.87. The maximum Gasteiger partial charge on any atom is 0.259 e. The van der Waals surface area contributed by atoms with Crippen LogP contribution in [0.1, 0.15) is 53.4 Å². The molecular weight excluding hydrogens is 315 g/mol. The number of nitrogens with zero attached hydrogens (tertiary/aromatic N) is 2. The Morgan fingerprint density at radius 1 is 1.00 bits per heavy atom. The highest BCUT2D eigenvalue weighted by Crippen LogP contribution is 2.45. The molecule has 0 spiro atoms. The van der Waals surface area contributed by atoms with Gasteiger partial charge in [0.25, 0.3) is 8.53 Å². The molecule has 0 rings (SSSR count). The second-order valence-corrected chi connectivity index (χ2v) is 8.20. The van der Waals surface area contributed by atoms with Gasteiger partial charge in [-0.25, -0.2) is 11.2 Å². The van der Waals surface area contributed by atoms with Crippen LogP contribution in [0.2, 0.25) is 0 Å². The summed E-state index contributed by atoms with van der Waals surface area (Å²) in [6, 6.07) is 0.751. The highest BCUT2D eigenvalue weighted by Gasteiger charge is 2.27. The molecule has 0 saturated carbocycles. The quantitative estimate of drug-likeness (QED) is 0.245. The third kappa shape index (κ3) is 10.8. The van der Waals surface area contributed by atoms with Crippen LogP contribution in [0.3, 0.4) is 0 Å². The molecule has 0 bridgehead atoms. The lowest BCUT2D eigenvalue weighted by atomic mass is 10.2. The molecule has 1 atom stereocenters. The normalized spacial score (nSPS) is 13.0. The van der Waals surface area contributed by atoms with E-state index in [2.05, 4.69) is 43.5 Å². The summed E-state index contributed by atoms with van der Waals surface area (Å²) in [4.78, 5) is 3.35. The molecule has 0 heterocycles. The standard InChI is InChI=1S/C16H33N2O2PS/c1-15(2)18(16(3)4)21(20-13-11-17-5)19-12-9-7-8-10-14-22-6/h15-16H,7-14H2,1-4,6H3. The van der Waals surface area contributed by atoms with Crippen molar-refractivity contribution in [3.8, 4) is 0 Å². The van der Waals surface area contributed by atoms with Gasteiger partial charge in [-0.05, 0) is 52.5 Å². The number of thioether (sulfide) groups is 1. The maximum atomic E-state index is 6.87. The van der Waals surface area contributed by atoms with Gasteiger partial charge >= 0.3 is 0 Å². The van der Waals surface area contributed by atoms with Crippen LogP contribution in [0.4, 0.5) is 0 Å². The molecule has 0 saturated heterocycles. The van der Waals surface area contributed by atoms with Crippen LogP contribution in [0.15, 0.2) is 0 Å². The summed E-state index contributed by atoms with van der Waals surface area (Å²) in [5.74, 6) is 1.25. The first-order valence-corrected chi connectivity index (χ1v) is 10.7. The van der Waals surface area contributed by atoms with E-state index in [0.717, 1.165) is 13.0 Å². The number of unbranched alkanes of at least 4 members (excludes halogenated alkanes) is 3. The Labute approximate surface area is 143 Å². The Hall–Kier alpha value is 0.150. The van der Waals surface area contributed by atoms with Crippen molar-refractivity contribution < 1.29 is 9.05 Å². The van der Waals surface area contributed by atoms with Crippen molar-refractivity contribution in [1.29, 1.82) is 0 Å². The third-order valence-electron chi connectivity index (χ3n) is 3.10. The average molecular weight is 348 g/mol.